The van der Waals surface area contributed by atoms with Crippen LogP contribution in [0.2, 0.25) is 0 Å². The monoisotopic (exact) mass is 293 g/mol. The number of ether oxygens (including phenoxy) is 1. The fraction of sp³-hybridized carbons (Fsp3) is 0.167. The van der Waals surface area contributed by atoms with Crippen LogP contribution >= 0.6 is 0 Å². The van der Waals surface area contributed by atoms with Gasteiger partial charge in [-0.25, -0.2) is 4.68 Å². The van der Waals surface area contributed by atoms with Crippen molar-refractivity contribution in [2.24, 2.45) is 5.73 Å². The van der Waals surface area contributed by atoms with Crippen molar-refractivity contribution in [1.29, 1.82) is 0 Å². The van der Waals surface area contributed by atoms with Crippen LogP contribution in [-0.2, 0) is 6.42 Å². The Morgan fingerprint density at radius 1 is 1.05 bits per heavy atom. The van der Waals surface area contributed by atoms with Crippen LogP contribution in [0.1, 0.15) is 5.69 Å². The van der Waals surface area contributed by atoms with Gasteiger partial charge in [0.05, 0.1) is 24.2 Å². The maximum Gasteiger partial charge on any atom is 0.119 e. The Labute approximate surface area is 130 Å². The average Bonchev–Trinajstić information content (AvgIpc) is 3.00. The van der Waals surface area contributed by atoms with Crippen LogP contribution in [0.4, 0.5) is 0 Å². The molecule has 0 atom stereocenters. The number of aromatic nitrogens is 2. The van der Waals surface area contributed by atoms with E-state index in [0.29, 0.717) is 6.54 Å². The first-order chi connectivity index (χ1) is 10.8. The molecule has 1 heterocycles. The van der Waals surface area contributed by atoms with Crippen molar-refractivity contribution in [3.8, 4) is 22.7 Å². The third kappa shape index (κ3) is 2.87. The molecule has 4 heteroatoms. The van der Waals surface area contributed by atoms with Crippen molar-refractivity contribution in [2.75, 3.05) is 13.7 Å². The van der Waals surface area contributed by atoms with Crippen molar-refractivity contribution in [3.63, 3.8) is 0 Å². The summed E-state index contributed by atoms with van der Waals surface area (Å²) in [6.45, 7) is 0.591. The summed E-state index contributed by atoms with van der Waals surface area (Å²) in [4.78, 5) is 0. The molecule has 3 aromatic rings. The van der Waals surface area contributed by atoms with Gasteiger partial charge in [0.15, 0.2) is 0 Å². The van der Waals surface area contributed by atoms with Crippen LogP contribution in [0.15, 0.2) is 60.7 Å². The van der Waals surface area contributed by atoms with E-state index in [4.69, 9.17) is 15.6 Å². The Hall–Kier alpha value is -2.59. The highest BCUT2D eigenvalue weighted by molar-refractivity contribution is 5.62. The molecule has 2 aromatic carbocycles. The zero-order valence-corrected chi connectivity index (χ0v) is 12.6. The zero-order chi connectivity index (χ0) is 15.4. The summed E-state index contributed by atoms with van der Waals surface area (Å²) in [6.07, 6.45) is 0.767. The number of nitrogens with zero attached hydrogens (tertiary/aromatic N) is 2. The molecule has 0 aliphatic rings. The van der Waals surface area contributed by atoms with E-state index >= 15 is 0 Å². The summed E-state index contributed by atoms with van der Waals surface area (Å²) in [5.41, 5.74) is 9.87. The molecule has 0 saturated carbocycles. The molecule has 2 N–H and O–H groups in total. The van der Waals surface area contributed by atoms with Gasteiger partial charge in [-0.3, -0.25) is 0 Å². The molecule has 4 nitrogen and oxygen atoms in total. The Morgan fingerprint density at radius 2 is 1.77 bits per heavy atom. The van der Waals surface area contributed by atoms with Gasteiger partial charge in [-0.15, -0.1) is 0 Å². The van der Waals surface area contributed by atoms with E-state index in [1.807, 2.05) is 47.1 Å². The van der Waals surface area contributed by atoms with Gasteiger partial charge in [-0.05, 0) is 36.9 Å². The highest BCUT2D eigenvalue weighted by Crippen LogP contribution is 2.25. The quantitative estimate of drug-likeness (QED) is 0.786. The lowest BCUT2D eigenvalue weighted by atomic mass is 10.1. The molecule has 1 aromatic heterocycles. The molecule has 0 bridgehead atoms. The van der Waals surface area contributed by atoms with Gasteiger partial charge in [0.2, 0.25) is 0 Å². The van der Waals surface area contributed by atoms with E-state index < -0.39 is 0 Å². The van der Waals surface area contributed by atoms with E-state index in [0.717, 1.165) is 34.8 Å². The Bertz CT molecular complexity index is 733. The largest absolute Gasteiger partial charge is 0.497 e. The molecule has 0 fully saturated rings. The minimum atomic E-state index is 0.591. The maximum absolute atomic E-state index is 5.67. The van der Waals surface area contributed by atoms with E-state index in [1.54, 1.807) is 7.11 Å². The Kier molecular flexibility index (Phi) is 4.21. The van der Waals surface area contributed by atoms with Crippen LogP contribution < -0.4 is 10.5 Å². The van der Waals surface area contributed by atoms with Gasteiger partial charge in [-0.2, -0.15) is 5.10 Å². The standard InChI is InChI=1S/C18H19N3O/c1-22-17-9-7-16(8-10-17)21-18(13-15(20-21)11-12-19)14-5-3-2-4-6-14/h2-10,13H,11-12,19H2,1H3. The van der Waals surface area contributed by atoms with Crippen molar-refractivity contribution in [1.82, 2.24) is 9.78 Å². The lowest BCUT2D eigenvalue weighted by molar-refractivity contribution is 0.414. The normalized spacial score (nSPS) is 10.6. The van der Waals surface area contributed by atoms with Crippen molar-refractivity contribution < 1.29 is 4.74 Å². The maximum atomic E-state index is 5.67. The van der Waals surface area contributed by atoms with Gasteiger partial charge < -0.3 is 10.5 Å². The zero-order valence-electron chi connectivity index (χ0n) is 12.6. The smallest absolute Gasteiger partial charge is 0.119 e. The molecule has 22 heavy (non-hydrogen) atoms. The van der Waals surface area contributed by atoms with Gasteiger partial charge in [0, 0.05) is 12.0 Å². The van der Waals surface area contributed by atoms with Crippen LogP contribution in [0.5, 0.6) is 5.75 Å². The minimum Gasteiger partial charge on any atom is -0.497 e. The van der Waals surface area contributed by atoms with Crippen molar-refractivity contribution in [3.05, 3.63) is 66.4 Å². The second kappa shape index (κ2) is 6.45. The second-order valence-electron chi connectivity index (χ2n) is 5.04. The highest BCUT2D eigenvalue weighted by atomic mass is 16.5. The Morgan fingerprint density at radius 3 is 2.41 bits per heavy atom. The lowest BCUT2D eigenvalue weighted by Crippen LogP contribution is -2.04. The molecule has 112 valence electrons. The molecule has 0 aliphatic carbocycles. The summed E-state index contributed by atoms with van der Waals surface area (Å²) in [5.74, 6) is 0.833. The summed E-state index contributed by atoms with van der Waals surface area (Å²) >= 11 is 0. The first-order valence-corrected chi connectivity index (χ1v) is 7.30. The predicted molar refractivity (Wildman–Crippen MR) is 88.3 cm³/mol. The molecular formula is C18H19N3O. The van der Waals surface area contributed by atoms with Crippen LogP contribution in [0, 0.1) is 0 Å². The number of hydrogen-bond acceptors (Lipinski definition) is 3. The molecule has 0 aliphatic heterocycles. The number of rotatable bonds is 5. The summed E-state index contributed by atoms with van der Waals surface area (Å²) in [5, 5.41) is 4.70. The molecule has 3 rings (SSSR count). The minimum absolute atomic E-state index is 0.591. The van der Waals surface area contributed by atoms with Gasteiger partial charge in [-0.1, -0.05) is 30.3 Å². The predicted octanol–water partition coefficient (Wildman–Crippen LogP) is 3.05. The first kappa shape index (κ1) is 14.4. The topological polar surface area (TPSA) is 53.1 Å². The van der Waals surface area contributed by atoms with Crippen LogP contribution in [-0.4, -0.2) is 23.4 Å². The third-order valence-electron chi connectivity index (χ3n) is 3.55. The van der Waals surface area contributed by atoms with Gasteiger partial charge >= 0.3 is 0 Å². The first-order valence-electron chi connectivity index (χ1n) is 7.30. The molecule has 0 amide bonds. The second-order valence-corrected chi connectivity index (χ2v) is 5.04. The van der Waals surface area contributed by atoms with Crippen molar-refractivity contribution in [2.45, 2.75) is 6.42 Å². The highest BCUT2D eigenvalue weighted by Gasteiger charge is 2.11. The van der Waals surface area contributed by atoms with E-state index in [1.165, 1.54) is 0 Å². The van der Waals surface area contributed by atoms with Gasteiger partial charge in [0.1, 0.15) is 5.75 Å². The van der Waals surface area contributed by atoms with Gasteiger partial charge in [0.25, 0.3) is 0 Å². The fourth-order valence-electron chi connectivity index (χ4n) is 2.43. The average molecular weight is 293 g/mol. The number of hydrogen-bond donors (Lipinski definition) is 1. The number of methoxy groups -OCH3 is 1. The molecule has 0 spiro atoms. The lowest BCUT2D eigenvalue weighted by Gasteiger charge is -2.08. The molecule has 0 radical (unpaired) electrons. The van der Waals surface area contributed by atoms with E-state index in [9.17, 15) is 0 Å². The van der Waals surface area contributed by atoms with E-state index in [-0.39, 0.29) is 0 Å². The summed E-state index contributed by atoms with van der Waals surface area (Å²) < 4.78 is 7.18. The van der Waals surface area contributed by atoms with E-state index in [2.05, 4.69) is 18.2 Å². The third-order valence-corrected chi connectivity index (χ3v) is 3.55. The number of benzene rings is 2. The van der Waals surface area contributed by atoms with Crippen molar-refractivity contribution >= 4 is 0 Å². The summed E-state index contributed by atoms with van der Waals surface area (Å²) in [7, 11) is 1.66. The molecule has 0 unspecified atom stereocenters. The van der Waals surface area contributed by atoms with Crippen LogP contribution in [0.25, 0.3) is 16.9 Å². The fourth-order valence-corrected chi connectivity index (χ4v) is 2.43. The SMILES string of the molecule is COc1ccc(-n2nc(CCN)cc2-c2ccccc2)cc1. The Balaban J connectivity index is 2.08. The summed E-state index contributed by atoms with van der Waals surface area (Å²) in [6, 6.07) is 20.2. The number of nitrogens with two attached hydrogens (primary N) is 1. The van der Waals surface area contributed by atoms with Crippen LogP contribution in [0.3, 0.4) is 0 Å². The molecular weight excluding hydrogens is 274 g/mol. The molecule has 0 saturated heterocycles.